The van der Waals surface area contributed by atoms with E-state index in [-0.39, 0.29) is 17.6 Å². The Kier molecular flexibility index (Phi) is 6.65. The Morgan fingerprint density at radius 1 is 1.12 bits per heavy atom. The minimum absolute atomic E-state index is 0.108. The third-order valence-corrected chi connectivity index (χ3v) is 5.96. The van der Waals surface area contributed by atoms with Crippen molar-refractivity contribution < 1.29 is 19.1 Å². The Balaban J connectivity index is 1.31. The Bertz CT molecular complexity index is 1110. The molecule has 4 rings (SSSR count). The summed E-state index contributed by atoms with van der Waals surface area (Å²) >= 11 is 1.36. The lowest BCUT2D eigenvalue weighted by Crippen LogP contribution is -2.26. The average molecular weight is 453 g/mol. The topological polar surface area (TPSA) is 85.7 Å². The number of nitrogens with zero attached hydrogens (tertiary/aromatic N) is 3. The molecule has 166 valence electrons. The maximum Gasteiger partial charge on any atom is 0.253 e. The molecule has 2 heterocycles. The van der Waals surface area contributed by atoms with Crippen LogP contribution < -0.4 is 14.8 Å². The molecule has 0 fully saturated rings. The second kappa shape index (κ2) is 9.78. The van der Waals surface area contributed by atoms with Gasteiger partial charge in [0, 0.05) is 44.3 Å². The van der Waals surface area contributed by atoms with E-state index in [2.05, 4.69) is 10.3 Å². The lowest BCUT2D eigenvalue weighted by atomic mass is 10.1. The number of carbonyl (C=O) groups is 2. The molecule has 0 saturated carbocycles. The highest BCUT2D eigenvalue weighted by atomic mass is 32.2. The number of hydrogen-bond donors (Lipinski definition) is 1. The van der Waals surface area contributed by atoms with Gasteiger partial charge in [-0.05, 0) is 42.0 Å². The van der Waals surface area contributed by atoms with Crippen molar-refractivity contribution in [2.24, 2.45) is 7.05 Å². The first-order chi connectivity index (χ1) is 15.5. The summed E-state index contributed by atoms with van der Waals surface area (Å²) in [6.07, 6.45) is 3.53. The predicted octanol–water partition coefficient (Wildman–Crippen LogP) is 3.19. The second-order valence-corrected chi connectivity index (χ2v) is 8.32. The van der Waals surface area contributed by atoms with Crippen molar-refractivity contribution in [3.63, 3.8) is 0 Å². The largest absolute Gasteiger partial charge is 0.486 e. The molecular formula is C23H24N4O4S. The van der Waals surface area contributed by atoms with Crippen LogP contribution in [0.25, 0.3) is 0 Å². The van der Waals surface area contributed by atoms with Crippen molar-refractivity contribution in [3.05, 3.63) is 66.0 Å². The molecule has 32 heavy (non-hydrogen) atoms. The number of aryl methyl sites for hydroxylation is 1. The molecule has 0 radical (unpaired) electrons. The van der Waals surface area contributed by atoms with E-state index in [1.165, 1.54) is 11.8 Å². The van der Waals surface area contributed by atoms with Gasteiger partial charge < -0.3 is 24.3 Å². The quantitative estimate of drug-likeness (QED) is 0.554. The lowest BCUT2D eigenvalue weighted by molar-refractivity contribution is -0.113. The van der Waals surface area contributed by atoms with Crippen molar-refractivity contribution in [2.75, 3.05) is 31.3 Å². The van der Waals surface area contributed by atoms with Crippen molar-refractivity contribution >= 4 is 29.3 Å². The van der Waals surface area contributed by atoms with E-state index in [4.69, 9.17) is 9.47 Å². The summed E-state index contributed by atoms with van der Waals surface area (Å²) in [5, 5.41) is 3.62. The van der Waals surface area contributed by atoms with Crippen LogP contribution in [0, 0.1) is 0 Å². The number of thioether (sulfide) groups is 1. The molecule has 0 bridgehead atoms. The SMILES string of the molecule is CN(Cc1ccc2c(c1)OCCO2)C(=O)c1ccc(NC(=O)CSc2nccn2C)cc1. The van der Waals surface area contributed by atoms with Gasteiger partial charge in [-0.2, -0.15) is 0 Å². The van der Waals surface area contributed by atoms with Crippen LogP contribution in [-0.2, 0) is 18.4 Å². The van der Waals surface area contributed by atoms with E-state index >= 15 is 0 Å². The fraction of sp³-hybridized carbons (Fsp3) is 0.261. The fourth-order valence-electron chi connectivity index (χ4n) is 3.27. The zero-order valence-corrected chi connectivity index (χ0v) is 18.7. The van der Waals surface area contributed by atoms with Crippen LogP contribution in [0.15, 0.2) is 60.0 Å². The van der Waals surface area contributed by atoms with Crippen LogP contribution >= 0.6 is 11.8 Å². The number of aromatic nitrogens is 2. The van der Waals surface area contributed by atoms with Gasteiger partial charge in [0.2, 0.25) is 5.91 Å². The van der Waals surface area contributed by atoms with E-state index in [1.807, 2.05) is 36.0 Å². The zero-order valence-electron chi connectivity index (χ0n) is 17.9. The van der Waals surface area contributed by atoms with Crippen LogP contribution in [0.1, 0.15) is 15.9 Å². The van der Waals surface area contributed by atoms with Crippen LogP contribution in [-0.4, -0.2) is 52.3 Å². The summed E-state index contributed by atoms with van der Waals surface area (Å²) in [6.45, 7) is 1.51. The highest BCUT2D eigenvalue weighted by Gasteiger charge is 2.16. The van der Waals surface area contributed by atoms with E-state index in [9.17, 15) is 9.59 Å². The number of benzene rings is 2. The molecule has 0 aliphatic carbocycles. The van der Waals surface area contributed by atoms with Gasteiger partial charge in [0.25, 0.3) is 5.91 Å². The number of hydrogen-bond acceptors (Lipinski definition) is 6. The monoisotopic (exact) mass is 452 g/mol. The molecule has 8 nitrogen and oxygen atoms in total. The predicted molar refractivity (Wildman–Crippen MR) is 122 cm³/mol. The van der Waals surface area contributed by atoms with Gasteiger partial charge >= 0.3 is 0 Å². The number of anilines is 1. The summed E-state index contributed by atoms with van der Waals surface area (Å²) in [7, 11) is 3.64. The Labute approximate surface area is 190 Å². The number of nitrogens with one attached hydrogen (secondary N) is 1. The van der Waals surface area contributed by atoms with Gasteiger partial charge in [-0.15, -0.1) is 0 Å². The Morgan fingerprint density at radius 3 is 2.59 bits per heavy atom. The molecule has 0 spiro atoms. The number of carbonyl (C=O) groups excluding carboxylic acids is 2. The van der Waals surface area contributed by atoms with Crippen molar-refractivity contribution in [1.82, 2.24) is 14.5 Å². The van der Waals surface area contributed by atoms with Gasteiger partial charge in [-0.25, -0.2) is 4.98 Å². The summed E-state index contributed by atoms with van der Waals surface area (Å²) in [5.41, 5.74) is 2.14. The molecule has 1 aromatic heterocycles. The molecule has 2 amide bonds. The van der Waals surface area contributed by atoms with E-state index in [1.54, 1.807) is 42.4 Å². The number of amides is 2. The molecule has 0 unspecified atom stereocenters. The number of fused-ring (bicyclic) bond motifs is 1. The maximum atomic E-state index is 12.8. The van der Waals surface area contributed by atoms with Crippen LogP contribution in [0.5, 0.6) is 11.5 Å². The number of ether oxygens (including phenoxy) is 2. The molecule has 3 aromatic rings. The van der Waals surface area contributed by atoms with Gasteiger partial charge in [0.1, 0.15) is 13.2 Å². The highest BCUT2D eigenvalue weighted by molar-refractivity contribution is 7.99. The van der Waals surface area contributed by atoms with Gasteiger partial charge in [0.05, 0.1) is 5.75 Å². The summed E-state index contributed by atoms with van der Waals surface area (Å²) in [5.74, 6) is 1.45. The van der Waals surface area contributed by atoms with Crippen LogP contribution in [0.4, 0.5) is 5.69 Å². The molecule has 2 aromatic carbocycles. The first-order valence-electron chi connectivity index (χ1n) is 10.1. The zero-order chi connectivity index (χ0) is 22.5. The van der Waals surface area contributed by atoms with Crippen molar-refractivity contribution in [1.29, 1.82) is 0 Å². The smallest absolute Gasteiger partial charge is 0.253 e. The standard InChI is InChI=1S/C23H24N4O4S/c1-26-10-9-24-23(26)32-15-21(28)25-18-6-4-17(5-7-18)22(29)27(2)14-16-3-8-19-20(13-16)31-12-11-30-19/h3-10,13H,11-12,14-15H2,1-2H3,(H,25,28). The minimum Gasteiger partial charge on any atom is -0.486 e. The third-order valence-electron chi connectivity index (χ3n) is 4.90. The number of rotatable bonds is 7. The maximum absolute atomic E-state index is 12.8. The first-order valence-corrected chi connectivity index (χ1v) is 11.1. The normalized spacial score (nSPS) is 12.3. The minimum atomic E-state index is -0.132. The van der Waals surface area contributed by atoms with Crippen molar-refractivity contribution in [2.45, 2.75) is 11.7 Å². The van der Waals surface area contributed by atoms with Gasteiger partial charge in [-0.3, -0.25) is 9.59 Å². The molecule has 9 heteroatoms. The molecule has 0 atom stereocenters. The highest BCUT2D eigenvalue weighted by Crippen LogP contribution is 2.31. The van der Waals surface area contributed by atoms with Gasteiger partial charge in [-0.1, -0.05) is 17.8 Å². The number of imidazole rings is 1. The Hall–Kier alpha value is -3.46. The van der Waals surface area contributed by atoms with Crippen LogP contribution in [0.2, 0.25) is 0 Å². The van der Waals surface area contributed by atoms with E-state index in [0.717, 1.165) is 16.5 Å². The summed E-state index contributed by atoms with van der Waals surface area (Å²) < 4.78 is 13.0. The van der Waals surface area contributed by atoms with Gasteiger partial charge in [0.15, 0.2) is 16.7 Å². The average Bonchev–Trinajstić information content (AvgIpc) is 3.22. The molecule has 0 saturated heterocycles. The van der Waals surface area contributed by atoms with Crippen LogP contribution in [0.3, 0.4) is 0 Å². The third kappa shape index (κ3) is 5.23. The molecule has 1 aliphatic heterocycles. The molecule has 1 aliphatic rings. The summed E-state index contributed by atoms with van der Waals surface area (Å²) in [4.78, 5) is 30.8. The van der Waals surface area contributed by atoms with E-state index < -0.39 is 0 Å². The summed E-state index contributed by atoms with van der Waals surface area (Å²) in [6, 6.07) is 12.6. The molecule has 1 N–H and O–H groups in total. The Morgan fingerprint density at radius 2 is 1.88 bits per heavy atom. The fourth-order valence-corrected chi connectivity index (χ4v) is 4.00. The van der Waals surface area contributed by atoms with Crippen molar-refractivity contribution in [3.8, 4) is 11.5 Å². The molecular weight excluding hydrogens is 428 g/mol. The second-order valence-electron chi connectivity index (χ2n) is 7.37. The van der Waals surface area contributed by atoms with E-state index in [0.29, 0.717) is 36.8 Å². The lowest BCUT2D eigenvalue weighted by Gasteiger charge is -2.21. The first kappa shape index (κ1) is 21.8.